The molecule has 12 heavy (non-hydrogen) atoms. The second kappa shape index (κ2) is 1.91. The van der Waals surface area contributed by atoms with E-state index in [0.29, 0.717) is 6.61 Å². The van der Waals surface area contributed by atoms with Crippen LogP contribution in [0.15, 0.2) is 12.2 Å². The molecule has 3 aliphatic rings. The monoisotopic (exact) mass is 166 g/mol. The molecule has 0 amide bonds. The van der Waals surface area contributed by atoms with E-state index in [-0.39, 0.29) is 23.6 Å². The predicted molar refractivity (Wildman–Crippen MR) is 40.4 cm³/mol. The summed E-state index contributed by atoms with van der Waals surface area (Å²) < 4.78 is 10.6. The SMILES string of the molecule is O=C1OCCC12CC1C=CC2O1. The van der Waals surface area contributed by atoms with Gasteiger partial charge in [-0.15, -0.1) is 0 Å². The first-order chi connectivity index (χ1) is 5.81. The first-order valence-corrected chi connectivity index (χ1v) is 4.32. The maximum atomic E-state index is 11.5. The molecule has 0 aromatic heterocycles. The third-order valence-corrected chi connectivity index (χ3v) is 3.12. The van der Waals surface area contributed by atoms with Gasteiger partial charge < -0.3 is 9.47 Å². The number of ether oxygens (including phenoxy) is 2. The summed E-state index contributed by atoms with van der Waals surface area (Å²) in [4.78, 5) is 11.5. The predicted octanol–water partition coefficient (Wildman–Crippen LogP) is 0.647. The van der Waals surface area contributed by atoms with Gasteiger partial charge in [-0.25, -0.2) is 0 Å². The average Bonchev–Trinajstić information content (AvgIpc) is 2.69. The zero-order chi connectivity index (χ0) is 8.18. The molecular formula is C9H10O3. The van der Waals surface area contributed by atoms with Crippen LogP contribution in [0, 0.1) is 5.41 Å². The normalized spacial score (nSPS) is 49.2. The van der Waals surface area contributed by atoms with Crippen LogP contribution in [0.2, 0.25) is 0 Å². The topological polar surface area (TPSA) is 35.5 Å². The second-order valence-electron chi connectivity index (χ2n) is 3.73. The Morgan fingerprint density at radius 1 is 1.50 bits per heavy atom. The smallest absolute Gasteiger partial charge is 0.315 e. The van der Waals surface area contributed by atoms with E-state index in [4.69, 9.17) is 9.47 Å². The molecule has 3 heterocycles. The summed E-state index contributed by atoms with van der Waals surface area (Å²) in [5.74, 6) is -0.0562. The zero-order valence-electron chi connectivity index (χ0n) is 6.66. The van der Waals surface area contributed by atoms with Crippen LogP contribution in [0.1, 0.15) is 12.8 Å². The Morgan fingerprint density at radius 3 is 2.92 bits per heavy atom. The quantitative estimate of drug-likeness (QED) is 0.391. The van der Waals surface area contributed by atoms with Crippen molar-refractivity contribution in [2.24, 2.45) is 5.41 Å². The van der Waals surface area contributed by atoms with Crippen molar-refractivity contribution in [2.75, 3.05) is 6.61 Å². The lowest BCUT2D eigenvalue weighted by molar-refractivity contribution is -0.147. The lowest BCUT2D eigenvalue weighted by Crippen LogP contribution is -2.34. The van der Waals surface area contributed by atoms with Gasteiger partial charge in [-0.05, 0) is 6.42 Å². The molecule has 2 saturated heterocycles. The van der Waals surface area contributed by atoms with Crippen LogP contribution in [0.25, 0.3) is 0 Å². The van der Waals surface area contributed by atoms with Crippen LogP contribution in [-0.2, 0) is 14.3 Å². The zero-order valence-corrected chi connectivity index (χ0v) is 6.66. The van der Waals surface area contributed by atoms with Crippen LogP contribution in [0.4, 0.5) is 0 Å². The van der Waals surface area contributed by atoms with Crippen molar-refractivity contribution >= 4 is 5.97 Å². The van der Waals surface area contributed by atoms with Gasteiger partial charge in [0.2, 0.25) is 0 Å². The van der Waals surface area contributed by atoms with E-state index in [1.165, 1.54) is 0 Å². The molecule has 2 bridgehead atoms. The van der Waals surface area contributed by atoms with Crippen molar-refractivity contribution in [2.45, 2.75) is 25.0 Å². The van der Waals surface area contributed by atoms with Gasteiger partial charge in [0.15, 0.2) is 0 Å². The van der Waals surface area contributed by atoms with Crippen LogP contribution in [0.5, 0.6) is 0 Å². The van der Waals surface area contributed by atoms with Gasteiger partial charge in [0.1, 0.15) is 5.41 Å². The van der Waals surface area contributed by atoms with Crippen LogP contribution >= 0.6 is 0 Å². The average molecular weight is 166 g/mol. The van der Waals surface area contributed by atoms with Crippen molar-refractivity contribution in [1.29, 1.82) is 0 Å². The summed E-state index contributed by atoms with van der Waals surface area (Å²) in [6.07, 6.45) is 5.87. The third kappa shape index (κ3) is 0.591. The van der Waals surface area contributed by atoms with Gasteiger partial charge in [0, 0.05) is 6.42 Å². The molecule has 0 radical (unpaired) electrons. The molecule has 0 aromatic carbocycles. The number of rotatable bonds is 0. The van der Waals surface area contributed by atoms with Crippen molar-refractivity contribution in [3.05, 3.63) is 12.2 Å². The Labute approximate surface area is 70.3 Å². The van der Waals surface area contributed by atoms with Gasteiger partial charge in [-0.1, -0.05) is 12.2 Å². The number of fused-ring (bicyclic) bond motifs is 3. The molecule has 3 heteroatoms. The Balaban J connectivity index is 2.02. The number of hydrogen-bond donors (Lipinski definition) is 0. The molecule has 64 valence electrons. The number of cyclic esters (lactones) is 1. The van der Waals surface area contributed by atoms with E-state index < -0.39 is 0 Å². The third-order valence-electron chi connectivity index (χ3n) is 3.12. The molecule has 3 atom stereocenters. The van der Waals surface area contributed by atoms with E-state index in [1.54, 1.807) is 0 Å². The van der Waals surface area contributed by atoms with Crippen LogP contribution in [-0.4, -0.2) is 24.8 Å². The summed E-state index contributed by atoms with van der Waals surface area (Å²) in [7, 11) is 0. The number of carbonyl (C=O) groups is 1. The van der Waals surface area contributed by atoms with E-state index in [1.807, 2.05) is 12.2 Å². The standard InChI is InChI=1S/C9H10O3/c10-8-9(3-4-11-8)5-6-1-2-7(9)12-6/h1-2,6-7H,3-5H2. The molecule has 3 aliphatic heterocycles. The fraction of sp³-hybridized carbons (Fsp3) is 0.667. The van der Waals surface area contributed by atoms with E-state index in [9.17, 15) is 4.79 Å². The molecule has 3 rings (SSSR count). The summed E-state index contributed by atoms with van der Waals surface area (Å²) in [5.41, 5.74) is -0.306. The molecule has 2 fully saturated rings. The maximum Gasteiger partial charge on any atom is 0.315 e. The maximum absolute atomic E-state index is 11.5. The fourth-order valence-electron chi connectivity index (χ4n) is 2.43. The lowest BCUT2D eigenvalue weighted by atomic mass is 9.76. The van der Waals surface area contributed by atoms with Crippen LogP contribution in [0.3, 0.4) is 0 Å². The molecule has 0 saturated carbocycles. The lowest BCUT2D eigenvalue weighted by Gasteiger charge is -2.22. The number of carbonyl (C=O) groups excluding carboxylic acids is 1. The molecule has 0 aromatic rings. The number of esters is 1. The fourth-order valence-corrected chi connectivity index (χ4v) is 2.43. The number of hydrogen-bond acceptors (Lipinski definition) is 3. The highest BCUT2D eigenvalue weighted by atomic mass is 16.6. The van der Waals surface area contributed by atoms with Gasteiger partial charge in [0.25, 0.3) is 0 Å². The van der Waals surface area contributed by atoms with Crippen LogP contribution < -0.4 is 0 Å². The molecule has 0 aliphatic carbocycles. The Kier molecular flexibility index (Phi) is 1.06. The molecule has 3 nitrogen and oxygen atoms in total. The first-order valence-electron chi connectivity index (χ1n) is 4.32. The Bertz CT molecular complexity index is 271. The highest BCUT2D eigenvalue weighted by Crippen LogP contribution is 2.49. The molecule has 3 unspecified atom stereocenters. The first kappa shape index (κ1) is 6.66. The second-order valence-corrected chi connectivity index (χ2v) is 3.73. The molecule has 1 spiro atoms. The minimum atomic E-state index is -0.306. The Morgan fingerprint density at radius 2 is 2.42 bits per heavy atom. The van der Waals surface area contributed by atoms with Gasteiger partial charge in [-0.2, -0.15) is 0 Å². The van der Waals surface area contributed by atoms with E-state index >= 15 is 0 Å². The summed E-state index contributed by atoms with van der Waals surface area (Å²) >= 11 is 0. The van der Waals surface area contributed by atoms with Crippen molar-refractivity contribution < 1.29 is 14.3 Å². The minimum absolute atomic E-state index is 0.00231. The highest BCUT2D eigenvalue weighted by molar-refractivity contribution is 5.80. The molecule has 0 N–H and O–H groups in total. The van der Waals surface area contributed by atoms with E-state index in [2.05, 4.69) is 0 Å². The van der Waals surface area contributed by atoms with Gasteiger partial charge >= 0.3 is 5.97 Å². The Hall–Kier alpha value is -0.830. The van der Waals surface area contributed by atoms with Crippen molar-refractivity contribution in [1.82, 2.24) is 0 Å². The van der Waals surface area contributed by atoms with Crippen molar-refractivity contribution in [3.8, 4) is 0 Å². The van der Waals surface area contributed by atoms with Gasteiger partial charge in [-0.3, -0.25) is 4.79 Å². The van der Waals surface area contributed by atoms with Crippen molar-refractivity contribution in [3.63, 3.8) is 0 Å². The largest absolute Gasteiger partial charge is 0.465 e. The molecular weight excluding hydrogens is 156 g/mol. The summed E-state index contributed by atoms with van der Waals surface area (Å²) in [5, 5.41) is 0. The van der Waals surface area contributed by atoms with E-state index in [0.717, 1.165) is 12.8 Å². The highest BCUT2D eigenvalue weighted by Gasteiger charge is 2.58. The summed E-state index contributed by atoms with van der Waals surface area (Å²) in [6, 6.07) is 0. The minimum Gasteiger partial charge on any atom is -0.465 e. The summed E-state index contributed by atoms with van der Waals surface area (Å²) in [6.45, 7) is 0.569. The van der Waals surface area contributed by atoms with Gasteiger partial charge in [0.05, 0.1) is 18.8 Å².